The maximum Gasteiger partial charge on any atom is 0.117 e. The standard InChI is InChI=1S/CH5OPS2/c2-3-5-1-4/h4H,1,3H2. The second-order valence-corrected chi connectivity index (χ2v) is 3.53. The Balaban J connectivity index is 2.40. The molecular formula is CH5OPS2. The molecule has 0 N–H and O–H groups in total. The first-order valence-electron chi connectivity index (χ1n) is 1.08. The van der Waals surface area contributed by atoms with Gasteiger partial charge >= 0.3 is 0 Å². The summed E-state index contributed by atoms with van der Waals surface area (Å²) in [7, 11) is -0.624. The van der Waals surface area contributed by atoms with Crippen LogP contribution in [0.1, 0.15) is 0 Å². The van der Waals surface area contributed by atoms with E-state index in [1.807, 2.05) is 0 Å². The molecule has 0 aliphatic heterocycles. The fourth-order valence-electron chi connectivity index (χ4n) is 0.0304. The molecule has 4 heteroatoms. The minimum Gasteiger partial charge on any atom is -0.319 e. The Morgan fingerprint density at radius 1 is 2.00 bits per heavy atom. The Morgan fingerprint density at radius 3 is 2.60 bits per heavy atom. The highest BCUT2D eigenvalue weighted by atomic mass is 32.7. The first kappa shape index (κ1) is 5.93. The molecule has 5 heavy (non-hydrogen) atoms. The van der Waals surface area contributed by atoms with E-state index in [9.17, 15) is 4.57 Å². The van der Waals surface area contributed by atoms with Crippen molar-refractivity contribution in [2.24, 2.45) is 0 Å². The number of rotatable bonds is 2. The molecule has 0 fully saturated rings. The summed E-state index contributed by atoms with van der Waals surface area (Å²) >= 11 is 5.14. The van der Waals surface area contributed by atoms with Crippen molar-refractivity contribution < 1.29 is 4.57 Å². The van der Waals surface area contributed by atoms with Gasteiger partial charge in [0.15, 0.2) is 0 Å². The van der Waals surface area contributed by atoms with E-state index in [1.54, 1.807) is 0 Å². The summed E-state index contributed by atoms with van der Waals surface area (Å²) in [5.74, 6) is 0. The Hall–Kier alpha value is 0.930. The van der Waals surface area contributed by atoms with E-state index in [-0.39, 0.29) is 0 Å². The molecule has 1 unspecified atom stereocenters. The van der Waals surface area contributed by atoms with E-state index in [0.717, 1.165) is 0 Å². The molecule has 0 aliphatic rings. The van der Waals surface area contributed by atoms with E-state index in [0.29, 0.717) is 5.08 Å². The predicted molar refractivity (Wildman–Crippen MR) is 31.8 cm³/mol. The lowest BCUT2D eigenvalue weighted by Gasteiger charge is -1.70. The molecule has 1 atom stereocenters. The van der Waals surface area contributed by atoms with Crippen LogP contribution in [0.5, 0.6) is 0 Å². The highest BCUT2D eigenvalue weighted by molar-refractivity contribution is 8.48. The van der Waals surface area contributed by atoms with Crippen LogP contribution in [0.3, 0.4) is 0 Å². The number of thiol groups is 1. The molecule has 32 valence electrons. The quantitative estimate of drug-likeness (QED) is 0.343. The van der Waals surface area contributed by atoms with Crippen LogP contribution < -0.4 is 0 Å². The van der Waals surface area contributed by atoms with Gasteiger partial charge in [0, 0.05) is 5.08 Å². The van der Waals surface area contributed by atoms with Crippen molar-refractivity contribution in [1.82, 2.24) is 0 Å². The first-order chi connectivity index (χ1) is 2.41. The summed E-state index contributed by atoms with van der Waals surface area (Å²) in [6.07, 6.45) is 0. The zero-order chi connectivity index (χ0) is 4.12. The van der Waals surface area contributed by atoms with Gasteiger partial charge in [0.25, 0.3) is 0 Å². The van der Waals surface area contributed by atoms with Crippen LogP contribution in [0.15, 0.2) is 0 Å². The maximum absolute atomic E-state index is 9.53. The molecule has 0 aromatic heterocycles. The van der Waals surface area contributed by atoms with Crippen molar-refractivity contribution in [3.63, 3.8) is 0 Å². The van der Waals surface area contributed by atoms with Crippen LogP contribution in [0.4, 0.5) is 0 Å². The summed E-state index contributed by atoms with van der Waals surface area (Å²) in [5.41, 5.74) is 0. The van der Waals surface area contributed by atoms with Gasteiger partial charge in [-0.25, -0.2) is 0 Å². The molecule has 0 saturated carbocycles. The Kier molecular flexibility index (Phi) is 5.85. The fourth-order valence-corrected chi connectivity index (χ4v) is 0.822. The normalized spacial score (nSPS) is 10.6. The van der Waals surface area contributed by atoms with Gasteiger partial charge in [0.05, 0.1) is 0 Å². The molecule has 0 rings (SSSR count). The zero-order valence-corrected chi connectivity index (χ0v) is 5.41. The molecule has 0 saturated heterocycles. The van der Waals surface area contributed by atoms with Gasteiger partial charge in [-0.3, -0.25) is 0 Å². The molecule has 1 nitrogen and oxygen atoms in total. The molecule has 0 aliphatic carbocycles. The largest absolute Gasteiger partial charge is 0.319 e. The van der Waals surface area contributed by atoms with Gasteiger partial charge < -0.3 is 4.57 Å². The topological polar surface area (TPSA) is 17.1 Å². The van der Waals surface area contributed by atoms with Crippen molar-refractivity contribution in [2.45, 2.75) is 0 Å². The SMILES string of the molecule is O=[PH2]SCS. The van der Waals surface area contributed by atoms with Crippen LogP contribution in [0, 0.1) is 0 Å². The average Bonchev–Trinajstić information content (AvgIpc) is 1.41. The van der Waals surface area contributed by atoms with Gasteiger partial charge in [-0.05, 0) is 0 Å². The molecule has 0 aromatic carbocycles. The van der Waals surface area contributed by atoms with E-state index in [1.165, 1.54) is 11.4 Å². The third kappa shape index (κ3) is 4.93. The molecule has 0 heterocycles. The van der Waals surface area contributed by atoms with Crippen LogP contribution in [-0.2, 0) is 4.57 Å². The minimum atomic E-state index is -0.624. The minimum absolute atomic E-state index is 0.624. The Morgan fingerprint density at radius 2 is 2.60 bits per heavy atom. The zero-order valence-electron chi connectivity index (χ0n) is 2.55. The third-order valence-electron chi connectivity index (χ3n) is 0.143. The number of hydrogen-bond donors (Lipinski definition) is 1. The summed E-state index contributed by atoms with van der Waals surface area (Å²) in [4.78, 5) is 0. The van der Waals surface area contributed by atoms with E-state index in [4.69, 9.17) is 0 Å². The molecule has 0 spiro atoms. The molecule has 0 amide bonds. The van der Waals surface area contributed by atoms with Crippen molar-refractivity contribution in [3.8, 4) is 0 Å². The fraction of sp³-hybridized carbons (Fsp3) is 1.00. The van der Waals surface area contributed by atoms with Gasteiger partial charge in [0.2, 0.25) is 0 Å². The van der Waals surface area contributed by atoms with Crippen molar-refractivity contribution in [1.29, 1.82) is 0 Å². The molecule has 0 aromatic rings. The van der Waals surface area contributed by atoms with Gasteiger partial charge in [0.1, 0.15) is 7.66 Å². The lowest BCUT2D eigenvalue weighted by molar-refractivity contribution is 0.605. The van der Waals surface area contributed by atoms with Crippen molar-refractivity contribution >= 4 is 31.7 Å². The Labute approximate surface area is 41.9 Å². The predicted octanol–water partition coefficient (Wildman–Crippen LogP) is 1.28. The average molecular weight is 128 g/mol. The summed E-state index contributed by atoms with van der Waals surface area (Å²) in [6.45, 7) is 0. The summed E-state index contributed by atoms with van der Waals surface area (Å²) in [5, 5.41) is 0.679. The maximum atomic E-state index is 9.53. The van der Waals surface area contributed by atoms with Gasteiger partial charge in [-0.1, -0.05) is 11.4 Å². The molecular weight excluding hydrogens is 123 g/mol. The van der Waals surface area contributed by atoms with Gasteiger partial charge in [-0.15, -0.1) is 0 Å². The lowest BCUT2D eigenvalue weighted by Crippen LogP contribution is -1.37. The second kappa shape index (κ2) is 4.93. The van der Waals surface area contributed by atoms with Crippen LogP contribution in [0.25, 0.3) is 0 Å². The van der Waals surface area contributed by atoms with Crippen LogP contribution in [0.2, 0.25) is 0 Å². The summed E-state index contributed by atoms with van der Waals surface area (Å²) < 4.78 is 9.53. The van der Waals surface area contributed by atoms with Crippen molar-refractivity contribution in [2.75, 3.05) is 5.08 Å². The smallest absolute Gasteiger partial charge is 0.117 e. The monoisotopic (exact) mass is 128 g/mol. The van der Waals surface area contributed by atoms with E-state index < -0.39 is 7.66 Å². The van der Waals surface area contributed by atoms with Crippen LogP contribution in [-0.4, -0.2) is 5.08 Å². The van der Waals surface area contributed by atoms with E-state index >= 15 is 0 Å². The van der Waals surface area contributed by atoms with Crippen LogP contribution >= 0.6 is 31.7 Å². The molecule has 0 bridgehead atoms. The highest BCUT2D eigenvalue weighted by Gasteiger charge is 1.65. The van der Waals surface area contributed by atoms with E-state index in [2.05, 4.69) is 12.6 Å². The summed E-state index contributed by atoms with van der Waals surface area (Å²) in [6, 6.07) is 0. The highest BCUT2D eigenvalue weighted by Crippen LogP contribution is 2.16. The Bertz CT molecular complexity index is 30.8. The third-order valence-corrected chi connectivity index (χ3v) is 2.62. The number of hydrogen-bond acceptors (Lipinski definition) is 3. The second-order valence-electron chi connectivity index (χ2n) is 0.392. The first-order valence-corrected chi connectivity index (χ1v) is 4.64. The van der Waals surface area contributed by atoms with Crippen molar-refractivity contribution in [3.05, 3.63) is 0 Å². The van der Waals surface area contributed by atoms with Gasteiger partial charge in [-0.2, -0.15) is 12.6 Å². The molecule has 0 radical (unpaired) electrons. The lowest BCUT2D eigenvalue weighted by atomic mass is 11.9.